The number of aliphatic hydroxyl groups is 1. The van der Waals surface area contributed by atoms with Crippen LogP contribution in [-0.4, -0.2) is 35.1 Å². The summed E-state index contributed by atoms with van der Waals surface area (Å²) in [6.07, 6.45) is 0.850. The van der Waals surface area contributed by atoms with Gasteiger partial charge in [-0.3, -0.25) is 0 Å². The summed E-state index contributed by atoms with van der Waals surface area (Å²) >= 11 is 6.43. The molecule has 0 fully saturated rings. The normalized spacial score (nSPS) is 21.9. The number of fused-ring (bicyclic) bond motifs is 2. The molecule has 188 valence electrons. The van der Waals surface area contributed by atoms with Crippen molar-refractivity contribution in [3.05, 3.63) is 87.4 Å². The summed E-state index contributed by atoms with van der Waals surface area (Å²) in [5, 5.41) is 22.2. The van der Waals surface area contributed by atoms with E-state index < -0.39 is 17.6 Å². The van der Waals surface area contributed by atoms with Gasteiger partial charge < -0.3 is 24.6 Å². The second-order valence-corrected chi connectivity index (χ2v) is 10.8. The number of aliphatic hydroxyl groups excluding tert-OH is 1. The highest BCUT2D eigenvalue weighted by Crippen LogP contribution is 2.51. The maximum absolute atomic E-state index is 12.0. The molecule has 0 spiro atoms. The first-order valence-electron chi connectivity index (χ1n) is 12.0. The topological polar surface area (TPSA) is 79.2 Å². The average Bonchev–Trinajstić information content (AvgIpc) is 3.05. The van der Waals surface area contributed by atoms with Gasteiger partial charge in [-0.05, 0) is 92.3 Å². The van der Waals surface area contributed by atoms with E-state index in [9.17, 15) is 15.0 Å². The number of ether oxygens (including phenoxy) is 2. The van der Waals surface area contributed by atoms with Crippen LogP contribution in [0.5, 0.6) is 11.5 Å². The van der Waals surface area contributed by atoms with Crippen molar-refractivity contribution in [1.82, 2.24) is 0 Å². The fraction of sp³-hybridized carbons (Fsp3) is 0.345. The molecule has 3 aromatic rings. The molecule has 2 aliphatic rings. The fourth-order valence-corrected chi connectivity index (χ4v) is 5.59. The number of anilines is 1. The highest BCUT2D eigenvalue weighted by molar-refractivity contribution is 6.30. The van der Waals surface area contributed by atoms with E-state index in [0.29, 0.717) is 16.3 Å². The number of hydrogen-bond donors (Lipinski definition) is 2. The van der Waals surface area contributed by atoms with Gasteiger partial charge in [0.05, 0.1) is 18.1 Å². The molecule has 0 aliphatic carbocycles. The number of hydrogen-bond acceptors (Lipinski definition) is 5. The van der Waals surface area contributed by atoms with Gasteiger partial charge in [-0.25, -0.2) is 4.79 Å². The van der Waals surface area contributed by atoms with Crippen LogP contribution in [0.2, 0.25) is 5.02 Å². The number of methoxy groups -OCH3 is 1. The average molecular weight is 508 g/mol. The van der Waals surface area contributed by atoms with Crippen LogP contribution in [0.15, 0.2) is 54.6 Å². The number of aromatic carboxylic acids is 1. The van der Waals surface area contributed by atoms with E-state index >= 15 is 0 Å². The minimum absolute atomic E-state index is 0.138. The van der Waals surface area contributed by atoms with Crippen molar-refractivity contribution < 1.29 is 24.5 Å². The Bertz CT molecular complexity index is 1350. The zero-order valence-electron chi connectivity index (χ0n) is 20.8. The molecule has 0 saturated heterocycles. The molecule has 7 heteroatoms. The number of carboxylic acid groups (broad SMARTS) is 1. The Morgan fingerprint density at radius 1 is 1.14 bits per heavy atom. The van der Waals surface area contributed by atoms with Crippen LogP contribution in [0, 0.1) is 0 Å². The van der Waals surface area contributed by atoms with Gasteiger partial charge in [0.25, 0.3) is 0 Å². The van der Waals surface area contributed by atoms with Crippen LogP contribution in [0.25, 0.3) is 0 Å². The molecule has 36 heavy (non-hydrogen) atoms. The molecule has 0 amide bonds. The Morgan fingerprint density at radius 3 is 2.64 bits per heavy atom. The zero-order chi connectivity index (χ0) is 25.8. The number of nitrogens with zero attached hydrogens (tertiary/aromatic N) is 1. The highest BCUT2D eigenvalue weighted by Gasteiger charge is 2.49. The van der Waals surface area contributed by atoms with Crippen LogP contribution >= 0.6 is 11.6 Å². The molecule has 2 heterocycles. The zero-order valence-corrected chi connectivity index (χ0v) is 21.6. The molecule has 3 aromatic carbocycles. The van der Waals surface area contributed by atoms with Gasteiger partial charge in [0.15, 0.2) is 0 Å². The van der Waals surface area contributed by atoms with Crippen molar-refractivity contribution >= 4 is 23.3 Å². The second kappa shape index (κ2) is 8.71. The van der Waals surface area contributed by atoms with E-state index in [-0.39, 0.29) is 17.7 Å². The summed E-state index contributed by atoms with van der Waals surface area (Å²) in [6, 6.07) is 16.7. The lowest BCUT2D eigenvalue weighted by Crippen LogP contribution is -2.43. The molecule has 2 N–H and O–H groups in total. The lowest BCUT2D eigenvalue weighted by atomic mass is 9.75. The fourth-order valence-electron chi connectivity index (χ4n) is 5.42. The Morgan fingerprint density at radius 2 is 1.92 bits per heavy atom. The Balaban J connectivity index is 1.58. The molecular formula is C29H30ClNO5. The van der Waals surface area contributed by atoms with Crippen LogP contribution in [0.3, 0.4) is 0 Å². The third-order valence-corrected chi connectivity index (χ3v) is 7.81. The van der Waals surface area contributed by atoms with Crippen LogP contribution < -0.4 is 14.4 Å². The van der Waals surface area contributed by atoms with Gasteiger partial charge in [-0.2, -0.15) is 0 Å². The third kappa shape index (κ3) is 3.98. The summed E-state index contributed by atoms with van der Waals surface area (Å²) in [5.74, 6) is 0.294. The summed E-state index contributed by atoms with van der Waals surface area (Å²) in [7, 11) is 1.50. The van der Waals surface area contributed by atoms with Gasteiger partial charge in [-0.15, -0.1) is 0 Å². The van der Waals surface area contributed by atoms with Crippen LogP contribution in [0.4, 0.5) is 5.69 Å². The maximum Gasteiger partial charge on any atom is 0.336 e. The molecule has 0 aromatic heterocycles. The summed E-state index contributed by atoms with van der Waals surface area (Å²) in [5.41, 5.74) is 3.50. The molecule has 2 aliphatic heterocycles. The first-order valence-corrected chi connectivity index (χ1v) is 12.4. The largest absolute Gasteiger partial charge is 0.497 e. The van der Waals surface area contributed by atoms with Gasteiger partial charge >= 0.3 is 5.97 Å². The van der Waals surface area contributed by atoms with Crippen molar-refractivity contribution in [2.24, 2.45) is 0 Å². The maximum atomic E-state index is 12.0. The minimum atomic E-state index is -1.05. The first kappa shape index (κ1) is 24.5. The number of carboxylic acids is 1. The Hall–Kier alpha value is -3.22. The summed E-state index contributed by atoms with van der Waals surface area (Å²) < 4.78 is 11.4. The number of aryl methyl sites for hydroxylation is 1. The molecule has 1 unspecified atom stereocenters. The number of rotatable bonds is 5. The highest BCUT2D eigenvalue weighted by atomic mass is 35.5. The quantitative estimate of drug-likeness (QED) is 0.454. The first-order chi connectivity index (χ1) is 17.0. The lowest BCUT2D eigenvalue weighted by molar-refractivity contribution is 0.0694. The molecule has 0 bridgehead atoms. The van der Waals surface area contributed by atoms with Crippen LogP contribution in [-0.2, 0) is 18.4 Å². The van der Waals surface area contributed by atoms with Crippen LogP contribution in [0.1, 0.15) is 59.8 Å². The van der Waals surface area contributed by atoms with Crippen molar-refractivity contribution in [2.75, 3.05) is 12.0 Å². The summed E-state index contributed by atoms with van der Waals surface area (Å²) in [4.78, 5) is 13.8. The molecule has 6 nitrogen and oxygen atoms in total. The molecule has 0 saturated carbocycles. The minimum Gasteiger partial charge on any atom is -0.497 e. The standard InChI is InChI=1S/C29H30ClNO5/c1-28(2)12-11-17-13-19(6-10-25(17)36-28)29(3)23-14-20(30)7-9-24(23)31(27(29)34)16-18-5-8-21(35-4)15-22(18)26(32)33/h5-10,13-15,27,34H,11-12,16H2,1-4H3,(H,32,33)/t27?,29-/m0/s1. The number of benzene rings is 3. The number of carbonyl (C=O) groups is 1. The van der Waals surface area contributed by atoms with E-state index in [1.807, 2.05) is 36.1 Å². The monoisotopic (exact) mass is 507 g/mol. The molecule has 2 atom stereocenters. The van der Waals surface area contributed by atoms with Crippen molar-refractivity contribution in [1.29, 1.82) is 0 Å². The van der Waals surface area contributed by atoms with E-state index in [2.05, 4.69) is 19.9 Å². The summed E-state index contributed by atoms with van der Waals surface area (Å²) in [6.45, 7) is 6.40. The predicted octanol–water partition coefficient (Wildman–Crippen LogP) is 5.80. The van der Waals surface area contributed by atoms with Gasteiger partial charge in [0.2, 0.25) is 0 Å². The van der Waals surface area contributed by atoms with Gasteiger partial charge in [0, 0.05) is 17.3 Å². The number of halogens is 1. The van der Waals surface area contributed by atoms with E-state index in [1.165, 1.54) is 13.2 Å². The Labute approximate surface area is 216 Å². The smallest absolute Gasteiger partial charge is 0.336 e. The molecule has 0 radical (unpaired) electrons. The van der Waals surface area contributed by atoms with Crippen molar-refractivity contribution in [3.8, 4) is 11.5 Å². The van der Waals surface area contributed by atoms with E-state index in [0.717, 1.165) is 41.0 Å². The second-order valence-electron chi connectivity index (χ2n) is 10.4. The van der Waals surface area contributed by atoms with E-state index in [4.69, 9.17) is 21.1 Å². The predicted molar refractivity (Wildman–Crippen MR) is 140 cm³/mol. The van der Waals surface area contributed by atoms with Crippen molar-refractivity contribution in [2.45, 2.75) is 57.4 Å². The molecule has 5 rings (SSSR count). The third-order valence-electron chi connectivity index (χ3n) is 7.57. The van der Waals surface area contributed by atoms with E-state index in [1.54, 1.807) is 18.2 Å². The van der Waals surface area contributed by atoms with Crippen molar-refractivity contribution in [3.63, 3.8) is 0 Å². The SMILES string of the molecule is COc1ccc(CN2c3ccc(Cl)cc3[C@](C)(c3ccc4c(c3)CCC(C)(C)O4)C2O)c(C(=O)O)c1. The molecular weight excluding hydrogens is 478 g/mol. The lowest BCUT2D eigenvalue weighted by Gasteiger charge is -2.36. The van der Waals surface area contributed by atoms with Gasteiger partial charge in [-0.1, -0.05) is 29.8 Å². The Kier molecular flexibility index (Phi) is 5.92. The van der Waals surface area contributed by atoms with Gasteiger partial charge in [0.1, 0.15) is 23.3 Å².